The third kappa shape index (κ3) is 3.74. The Bertz CT molecular complexity index is 233. The molecule has 2 fully saturated rings. The maximum absolute atomic E-state index is 5.82. The fourth-order valence-electron chi connectivity index (χ4n) is 2.45. The Morgan fingerprint density at radius 3 is 2.50 bits per heavy atom. The van der Waals surface area contributed by atoms with Gasteiger partial charge in [0.2, 0.25) is 0 Å². The van der Waals surface area contributed by atoms with E-state index in [9.17, 15) is 0 Å². The summed E-state index contributed by atoms with van der Waals surface area (Å²) in [5.41, 5.74) is 0. The average Bonchev–Trinajstić information content (AvgIpc) is 2.73. The molecule has 0 spiro atoms. The van der Waals surface area contributed by atoms with E-state index in [1.165, 1.54) is 12.8 Å². The summed E-state index contributed by atoms with van der Waals surface area (Å²) in [5.74, 6) is 0. The summed E-state index contributed by atoms with van der Waals surface area (Å²) in [5, 5.41) is 0.743. The first-order chi connectivity index (χ1) is 7.74. The number of ether oxygens (including phenoxy) is 1. The molecule has 2 aliphatic heterocycles. The first kappa shape index (κ1) is 12.4. The highest BCUT2D eigenvalue weighted by molar-refractivity contribution is 6.29. The molecule has 2 aliphatic rings. The largest absolute Gasteiger partial charge is 0.377 e. The van der Waals surface area contributed by atoms with Crippen molar-refractivity contribution in [1.82, 2.24) is 9.80 Å². The van der Waals surface area contributed by atoms with Gasteiger partial charge in [-0.2, -0.15) is 0 Å². The molecular weight excluding hydrogens is 224 g/mol. The molecule has 0 bridgehead atoms. The maximum Gasteiger partial charge on any atom is 0.0702 e. The van der Waals surface area contributed by atoms with Crippen LogP contribution in [-0.2, 0) is 4.74 Å². The Hall–Kier alpha value is -0.0900. The Morgan fingerprint density at radius 1 is 1.25 bits per heavy atom. The van der Waals surface area contributed by atoms with Crippen LogP contribution >= 0.6 is 11.6 Å². The predicted molar refractivity (Wildman–Crippen MR) is 66.8 cm³/mol. The van der Waals surface area contributed by atoms with Gasteiger partial charge in [-0.15, -0.1) is 0 Å². The molecule has 0 amide bonds. The normalized spacial score (nSPS) is 28.4. The molecule has 4 heteroatoms. The van der Waals surface area contributed by atoms with Gasteiger partial charge in [0.05, 0.1) is 6.10 Å². The van der Waals surface area contributed by atoms with Crippen LogP contribution in [0.2, 0.25) is 0 Å². The van der Waals surface area contributed by atoms with Crippen LogP contribution in [0.4, 0.5) is 0 Å². The van der Waals surface area contributed by atoms with Crippen molar-refractivity contribution < 1.29 is 4.74 Å². The number of piperazine rings is 1. The molecule has 0 saturated carbocycles. The molecule has 1 atom stereocenters. The van der Waals surface area contributed by atoms with E-state index in [0.29, 0.717) is 6.10 Å². The van der Waals surface area contributed by atoms with Gasteiger partial charge in [0, 0.05) is 50.9 Å². The number of rotatable bonds is 4. The first-order valence-electron chi connectivity index (χ1n) is 6.13. The fraction of sp³-hybridized carbons (Fsp3) is 0.833. The molecule has 0 radical (unpaired) electrons. The van der Waals surface area contributed by atoms with Crippen molar-refractivity contribution in [2.45, 2.75) is 18.9 Å². The van der Waals surface area contributed by atoms with E-state index in [0.717, 1.165) is 50.9 Å². The minimum absolute atomic E-state index is 0.481. The molecule has 2 heterocycles. The molecule has 16 heavy (non-hydrogen) atoms. The van der Waals surface area contributed by atoms with E-state index in [2.05, 4.69) is 16.4 Å². The van der Waals surface area contributed by atoms with Crippen LogP contribution in [0, 0.1) is 0 Å². The minimum atomic E-state index is 0.481. The number of hydrogen-bond donors (Lipinski definition) is 0. The van der Waals surface area contributed by atoms with Crippen LogP contribution in [0.15, 0.2) is 11.6 Å². The molecule has 0 aromatic heterocycles. The minimum Gasteiger partial charge on any atom is -0.377 e. The third-order valence-electron chi connectivity index (χ3n) is 3.35. The van der Waals surface area contributed by atoms with Gasteiger partial charge in [0.15, 0.2) is 0 Å². The van der Waals surface area contributed by atoms with Crippen LogP contribution < -0.4 is 0 Å². The zero-order valence-electron chi connectivity index (χ0n) is 9.83. The van der Waals surface area contributed by atoms with E-state index >= 15 is 0 Å². The molecule has 0 aromatic carbocycles. The van der Waals surface area contributed by atoms with Gasteiger partial charge in [-0.3, -0.25) is 9.80 Å². The lowest BCUT2D eigenvalue weighted by molar-refractivity contribution is 0.0525. The summed E-state index contributed by atoms with van der Waals surface area (Å²) >= 11 is 5.82. The average molecular weight is 245 g/mol. The topological polar surface area (TPSA) is 15.7 Å². The molecular formula is C12H21ClN2O. The summed E-state index contributed by atoms with van der Waals surface area (Å²) in [7, 11) is 0. The Labute approximate surface area is 103 Å². The fourth-order valence-corrected chi connectivity index (χ4v) is 2.62. The Balaban J connectivity index is 1.66. The van der Waals surface area contributed by atoms with Crippen LogP contribution in [0.1, 0.15) is 12.8 Å². The molecule has 92 valence electrons. The van der Waals surface area contributed by atoms with Crippen LogP contribution in [0.3, 0.4) is 0 Å². The van der Waals surface area contributed by atoms with Crippen molar-refractivity contribution in [3.8, 4) is 0 Å². The SMILES string of the molecule is C=C(Cl)CN1CCN(CC2CCCO2)CC1. The van der Waals surface area contributed by atoms with E-state index in [4.69, 9.17) is 16.3 Å². The smallest absolute Gasteiger partial charge is 0.0702 e. The van der Waals surface area contributed by atoms with Crippen molar-refractivity contribution in [1.29, 1.82) is 0 Å². The highest BCUT2D eigenvalue weighted by Gasteiger charge is 2.22. The van der Waals surface area contributed by atoms with Crippen molar-refractivity contribution in [2.75, 3.05) is 45.9 Å². The van der Waals surface area contributed by atoms with Gasteiger partial charge >= 0.3 is 0 Å². The molecule has 2 saturated heterocycles. The van der Waals surface area contributed by atoms with Crippen molar-refractivity contribution in [3.05, 3.63) is 11.6 Å². The second-order valence-electron chi connectivity index (χ2n) is 4.73. The zero-order valence-corrected chi connectivity index (χ0v) is 10.6. The number of halogens is 1. The van der Waals surface area contributed by atoms with Gasteiger partial charge in [0.25, 0.3) is 0 Å². The molecule has 3 nitrogen and oxygen atoms in total. The standard InChI is InChI=1S/C12H21ClN2O/c1-11(13)9-14-4-6-15(7-5-14)10-12-3-2-8-16-12/h12H,1-10H2. The highest BCUT2D eigenvalue weighted by Crippen LogP contribution is 2.14. The predicted octanol–water partition coefficient (Wildman–Crippen LogP) is 1.54. The first-order valence-corrected chi connectivity index (χ1v) is 6.51. The van der Waals surface area contributed by atoms with Gasteiger partial charge < -0.3 is 4.74 Å². The van der Waals surface area contributed by atoms with Crippen LogP contribution in [0.25, 0.3) is 0 Å². The van der Waals surface area contributed by atoms with Crippen LogP contribution in [0.5, 0.6) is 0 Å². The molecule has 0 N–H and O–H groups in total. The van der Waals surface area contributed by atoms with Crippen LogP contribution in [-0.4, -0.2) is 61.8 Å². The van der Waals surface area contributed by atoms with E-state index in [1.54, 1.807) is 0 Å². The summed E-state index contributed by atoms with van der Waals surface area (Å²) in [4.78, 5) is 4.87. The Kier molecular flexibility index (Phi) is 4.65. The van der Waals surface area contributed by atoms with Crippen molar-refractivity contribution in [3.63, 3.8) is 0 Å². The molecule has 1 unspecified atom stereocenters. The lowest BCUT2D eigenvalue weighted by Crippen LogP contribution is -2.48. The number of nitrogens with zero attached hydrogens (tertiary/aromatic N) is 2. The molecule has 0 aromatic rings. The van der Waals surface area contributed by atoms with Crippen molar-refractivity contribution >= 4 is 11.6 Å². The highest BCUT2D eigenvalue weighted by atomic mass is 35.5. The van der Waals surface area contributed by atoms with E-state index in [-0.39, 0.29) is 0 Å². The van der Waals surface area contributed by atoms with Gasteiger partial charge in [0.1, 0.15) is 0 Å². The van der Waals surface area contributed by atoms with Gasteiger partial charge in [-0.05, 0) is 12.8 Å². The zero-order chi connectivity index (χ0) is 11.4. The second kappa shape index (κ2) is 6.01. The molecule has 0 aliphatic carbocycles. The second-order valence-corrected chi connectivity index (χ2v) is 5.26. The van der Waals surface area contributed by atoms with E-state index < -0.39 is 0 Å². The molecule has 2 rings (SSSR count). The van der Waals surface area contributed by atoms with E-state index in [1.807, 2.05) is 0 Å². The monoisotopic (exact) mass is 244 g/mol. The van der Waals surface area contributed by atoms with Crippen molar-refractivity contribution in [2.24, 2.45) is 0 Å². The maximum atomic E-state index is 5.82. The summed E-state index contributed by atoms with van der Waals surface area (Å²) in [6, 6.07) is 0. The number of hydrogen-bond acceptors (Lipinski definition) is 3. The lowest BCUT2D eigenvalue weighted by atomic mass is 10.2. The summed E-state index contributed by atoms with van der Waals surface area (Å²) < 4.78 is 5.66. The Morgan fingerprint density at radius 2 is 1.94 bits per heavy atom. The van der Waals surface area contributed by atoms with Gasteiger partial charge in [-0.25, -0.2) is 0 Å². The summed E-state index contributed by atoms with van der Waals surface area (Å²) in [6.45, 7) is 11.1. The lowest BCUT2D eigenvalue weighted by Gasteiger charge is -2.35. The third-order valence-corrected chi connectivity index (χ3v) is 3.47. The summed E-state index contributed by atoms with van der Waals surface area (Å²) in [6.07, 6.45) is 2.95. The quantitative estimate of drug-likeness (QED) is 0.746. The van der Waals surface area contributed by atoms with Gasteiger partial charge in [-0.1, -0.05) is 18.2 Å².